The molecule has 0 aliphatic heterocycles. The van der Waals surface area contributed by atoms with Gasteiger partial charge in [-0.1, -0.05) is 53.8 Å². The van der Waals surface area contributed by atoms with E-state index in [1.165, 1.54) is 23.5 Å². The third-order valence-electron chi connectivity index (χ3n) is 3.15. The highest BCUT2D eigenvalue weighted by molar-refractivity contribution is 7.11. The fraction of sp³-hybridized carbons (Fsp3) is 0.125. The van der Waals surface area contributed by atoms with Gasteiger partial charge in [-0.3, -0.25) is 0 Å². The van der Waals surface area contributed by atoms with Gasteiger partial charge >= 0.3 is 0 Å². The fourth-order valence-corrected chi connectivity index (χ4v) is 2.99. The molecule has 1 aromatic heterocycles. The van der Waals surface area contributed by atoms with Gasteiger partial charge in [0.1, 0.15) is 15.8 Å². The minimum atomic E-state index is -0.273. The second-order valence-corrected chi connectivity index (χ2v) is 5.82. The summed E-state index contributed by atoms with van der Waals surface area (Å²) in [5.74, 6) is -0.238. The summed E-state index contributed by atoms with van der Waals surface area (Å²) in [4.78, 5) is 0. The molecule has 106 valence electrons. The molecule has 1 atom stereocenters. The molecule has 21 heavy (non-hydrogen) atoms. The van der Waals surface area contributed by atoms with Crippen molar-refractivity contribution < 1.29 is 4.39 Å². The van der Waals surface area contributed by atoms with Gasteiger partial charge in [-0.05, 0) is 23.3 Å². The molecule has 3 rings (SSSR count). The molecule has 0 fully saturated rings. The number of nitrogens with two attached hydrogens (primary N) is 1. The molecule has 0 aliphatic carbocycles. The molecule has 0 bridgehead atoms. The standard InChI is InChI=1S/C16H14FN3S/c17-13-8-4-5-11(9-13)10-14-19-20-16(21-14)15(18)12-6-2-1-3-7-12/h1-9,15H,10,18H2. The second kappa shape index (κ2) is 6.11. The lowest BCUT2D eigenvalue weighted by Gasteiger charge is -2.06. The van der Waals surface area contributed by atoms with Crippen molar-refractivity contribution >= 4 is 11.3 Å². The largest absolute Gasteiger partial charge is 0.318 e. The molecule has 3 nitrogen and oxygen atoms in total. The lowest BCUT2D eigenvalue weighted by atomic mass is 10.1. The molecular weight excluding hydrogens is 285 g/mol. The predicted octanol–water partition coefficient (Wildman–Crippen LogP) is 3.32. The molecule has 0 amide bonds. The Labute approximate surface area is 126 Å². The smallest absolute Gasteiger partial charge is 0.138 e. The molecule has 1 heterocycles. The molecular formula is C16H14FN3S. The Bertz CT molecular complexity index is 727. The van der Waals surface area contributed by atoms with Crippen LogP contribution in [-0.4, -0.2) is 10.2 Å². The van der Waals surface area contributed by atoms with Crippen LogP contribution < -0.4 is 5.73 Å². The maximum absolute atomic E-state index is 13.2. The van der Waals surface area contributed by atoms with E-state index in [9.17, 15) is 4.39 Å². The van der Waals surface area contributed by atoms with Gasteiger partial charge in [-0.25, -0.2) is 4.39 Å². The van der Waals surface area contributed by atoms with E-state index in [-0.39, 0.29) is 11.9 Å². The fourth-order valence-electron chi connectivity index (χ4n) is 2.09. The van der Waals surface area contributed by atoms with E-state index in [0.717, 1.165) is 21.1 Å². The highest BCUT2D eigenvalue weighted by Crippen LogP contribution is 2.24. The average Bonchev–Trinajstić information content (AvgIpc) is 2.96. The number of aromatic nitrogens is 2. The van der Waals surface area contributed by atoms with Crippen molar-refractivity contribution in [2.24, 2.45) is 5.73 Å². The molecule has 2 N–H and O–H groups in total. The lowest BCUT2D eigenvalue weighted by molar-refractivity contribution is 0.626. The Balaban J connectivity index is 1.77. The Kier molecular flexibility index (Phi) is 4.03. The highest BCUT2D eigenvalue weighted by Gasteiger charge is 2.14. The first kappa shape index (κ1) is 13.9. The normalized spacial score (nSPS) is 12.3. The first-order valence-corrected chi connectivity index (χ1v) is 7.41. The van der Waals surface area contributed by atoms with Crippen LogP contribution in [0.4, 0.5) is 4.39 Å². The van der Waals surface area contributed by atoms with E-state index >= 15 is 0 Å². The second-order valence-electron chi connectivity index (χ2n) is 4.73. The van der Waals surface area contributed by atoms with Crippen molar-refractivity contribution in [3.05, 3.63) is 81.6 Å². The van der Waals surface area contributed by atoms with E-state index < -0.39 is 0 Å². The topological polar surface area (TPSA) is 51.8 Å². The zero-order valence-electron chi connectivity index (χ0n) is 11.2. The van der Waals surface area contributed by atoms with Crippen LogP contribution in [0.3, 0.4) is 0 Å². The van der Waals surface area contributed by atoms with Gasteiger partial charge in [0, 0.05) is 6.42 Å². The molecule has 2 aromatic carbocycles. The summed E-state index contributed by atoms with van der Waals surface area (Å²) in [6, 6.07) is 16.0. The molecule has 0 aliphatic rings. The summed E-state index contributed by atoms with van der Waals surface area (Å²) in [7, 11) is 0. The maximum atomic E-state index is 13.2. The van der Waals surface area contributed by atoms with Gasteiger partial charge in [0.2, 0.25) is 0 Å². The van der Waals surface area contributed by atoms with Crippen molar-refractivity contribution in [3.8, 4) is 0 Å². The van der Waals surface area contributed by atoms with Gasteiger partial charge in [0.25, 0.3) is 0 Å². The molecule has 0 saturated carbocycles. The third kappa shape index (κ3) is 3.32. The van der Waals surface area contributed by atoms with Crippen LogP contribution in [0.15, 0.2) is 54.6 Å². The van der Waals surface area contributed by atoms with Crippen LogP contribution in [0.25, 0.3) is 0 Å². The first-order chi connectivity index (χ1) is 10.2. The van der Waals surface area contributed by atoms with Gasteiger partial charge in [-0.2, -0.15) is 0 Å². The van der Waals surface area contributed by atoms with Crippen molar-refractivity contribution in [2.45, 2.75) is 12.5 Å². The first-order valence-electron chi connectivity index (χ1n) is 6.59. The van der Waals surface area contributed by atoms with Gasteiger partial charge in [-0.15, -0.1) is 10.2 Å². The van der Waals surface area contributed by atoms with Crippen molar-refractivity contribution in [3.63, 3.8) is 0 Å². The van der Waals surface area contributed by atoms with Crippen molar-refractivity contribution in [1.29, 1.82) is 0 Å². The molecule has 3 aromatic rings. The summed E-state index contributed by atoms with van der Waals surface area (Å²) in [6.07, 6.45) is 0.566. The summed E-state index contributed by atoms with van der Waals surface area (Å²) in [5, 5.41) is 9.92. The predicted molar refractivity (Wildman–Crippen MR) is 81.6 cm³/mol. The average molecular weight is 299 g/mol. The third-order valence-corrected chi connectivity index (χ3v) is 4.16. The van der Waals surface area contributed by atoms with Crippen LogP contribution in [0.1, 0.15) is 27.2 Å². The van der Waals surface area contributed by atoms with E-state index in [0.29, 0.717) is 6.42 Å². The summed E-state index contributed by atoms with van der Waals surface area (Å²) < 4.78 is 13.2. The van der Waals surface area contributed by atoms with E-state index in [1.807, 2.05) is 36.4 Å². The van der Waals surface area contributed by atoms with Crippen LogP contribution >= 0.6 is 11.3 Å². The summed E-state index contributed by atoms with van der Waals surface area (Å²) in [6.45, 7) is 0. The summed E-state index contributed by atoms with van der Waals surface area (Å²) >= 11 is 1.47. The van der Waals surface area contributed by atoms with Gasteiger partial charge < -0.3 is 5.73 Å². The Hall–Kier alpha value is -2.11. The van der Waals surface area contributed by atoms with Crippen LogP contribution in [0.2, 0.25) is 0 Å². The van der Waals surface area contributed by atoms with Crippen molar-refractivity contribution in [1.82, 2.24) is 10.2 Å². The Morgan fingerprint density at radius 1 is 1.05 bits per heavy atom. The number of benzene rings is 2. The molecule has 5 heteroatoms. The van der Waals surface area contributed by atoms with Gasteiger partial charge in [0.15, 0.2) is 0 Å². The quantitative estimate of drug-likeness (QED) is 0.804. The zero-order chi connectivity index (χ0) is 14.7. The number of halogens is 1. The number of hydrogen-bond donors (Lipinski definition) is 1. The molecule has 0 radical (unpaired) electrons. The van der Waals surface area contributed by atoms with Gasteiger partial charge in [0.05, 0.1) is 6.04 Å². The maximum Gasteiger partial charge on any atom is 0.138 e. The summed E-state index contributed by atoms with van der Waals surface area (Å²) in [5.41, 5.74) is 8.08. The minimum Gasteiger partial charge on any atom is -0.318 e. The highest BCUT2D eigenvalue weighted by atomic mass is 32.1. The molecule has 1 unspecified atom stereocenters. The lowest BCUT2D eigenvalue weighted by Crippen LogP contribution is -2.11. The number of hydrogen-bond acceptors (Lipinski definition) is 4. The SMILES string of the molecule is NC(c1ccccc1)c1nnc(Cc2cccc(F)c2)s1. The van der Waals surface area contributed by atoms with Crippen LogP contribution in [-0.2, 0) is 6.42 Å². The zero-order valence-corrected chi connectivity index (χ0v) is 12.1. The van der Waals surface area contributed by atoms with Crippen molar-refractivity contribution in [2.75, 3.05) is 0 Å². The Morgan fingerprint density at radius 2 is 1.86 bits per heavy atom. The Morgan fingerprint density at radius 3 is 2.62 bits per heavy atom. The molecule has 0 saturated heterocycles. The number of nitrogens with zero attached hydrogens (tertiary/aromatic N) is 2. The van der Waals surface area contributed by atoms with Crippen LogP contribution in [0, 0.1) is 5.82 Å². The minimum absolute atomic E-state index is 0.238. The molecule has 0 spiro atoms. The van der Waals surface area contributed by atoms with E-state index in [1.54, 1.807) is 6.07 Å². The van der Waals surface area contributed by atoms with E-state index in [2.05, 4.69) is 10.2 Å². The monoisotopic (exact) mass is 299 g/mol. The van der Waals surface area contributed by atoms with Crippen LogP contribution in [0.5, 0.6) is 0 Å². The number of rotatable bonds is 4. The van der Waals surface area contributed by atoms with E-state index in [4.69, 9.17) is 5.73 Å².